The Balaban J connectivity index is 1.47. The molecule has 8 heteroatoms. The number of hydrogen-bond donors (Lipinski definition) is 2. The van der Waals surface area contributed by atoms with E-state index in [0.717, 1.165) is 22.4 Å². The minimum Gasteiger partial charge on any atom is -0.446 e. The highest BCUT2D eigenvalue weighted by Crippen LogP contribution is 2.34. The SMILES string of the molecule is Cc1ccc(CS(=O)(=O)Nc2ccc(N3C=Nc4occc4C3N)cc2)cc1. The lowest BCUT2D eigenvalue weighted by molar-refractivity contribution is 0.567. The first-order valence-corrected chi connectivity index (χ1v) is 10.4. The Morgan fingerprint density at radius 1 is 1.11 bits per heavy atom. The molecule has 0 bridgehead atoms. The number of aliphatic imine (C=N–C) groups is 1. The van der Waals surface area contributed by atoms with Crippen LogP contribution in [0.2, 0.25) is 0 Å². The third-order valence-electron chi connectivity index (χ3n) is 4.51. The smallest absolute Gasteiger partial charge is 0.236 e. The maximum Gasteiger partial charge on any atom is 0.236 e. The molecule has 1 atom stereocenters. The molecule has 3 aromatic rings. The van der Waals surface area contributed by atoms with E-state index in [9.17, 15) is 8.42 Å². The van der Waals surface area contributed by atoms with Gasteiger partial charge in [-0.25, -0.2) is 13.4 Å². The number of aryl methyl sites for hydroxylation is 1. The third kappa shape index (κ3) is 3.78. The maximum absolute atomic E-state index is 12.4. The molecular formula is C20H20N4O3S. The minimum atomic E-state index is -3.51. The quantitative estimate of drug-likeness (QED) is 0.685. The largest absolute Gasteiger partial charge is 0.446 e. The fourth-order valence-electron chi connectivity index (χ4n) is 3.03. The molecule has 1 aromatic heterocycles. The second-order valence-electron chi connectivity index (χ2n) is 6.67. The van der Waals surface area contributed by atoms with Crippen LogP contribution in [0.15, 0.2) is 70.3 Å². The normalized spacial score (nSPS) is 16.1. The first-order valence-electron chi connectivity index (χ1n) is 8.73. The summed E-state index contributed by atoms with van der Waals surface area (Å²) in [7, 11) is -3.51. The molecule has 0 spiro atoms. The Morgan fingerprint density at radius 3 is 2.54 bits per heavy atom. The van der Waals surface area contributed by atoms with Crippen LogP contribution in [0.3, 0.4) is 0 Å². The van der Waals surface area contributed by atoms with Crippen LogP contribution in [0, 0.1) is 6.92 Å². The molecule has 3 N–H and O–H groups in total. The molecule has 1 aliphatic rings. The average Bonchev–Trinajstić information content (AvgIpc) is 3.14. The van der Waals surface area contributed by atoms with Crippen LogP contribution in [-0.2, 0) is 15.8 Å². The van der Waals surface area contributed by atoms with Gasteiger partial charge in [-0.15, -0.1) is 0 Å². The van der Waals surface area contributed by atoms with Crippen molar-refractivity contribution < 1.29 is 12.8 Å². The van der Waals surface area contributed by atoms with Gasteiger partial charge in [-0.05, 0) is 42.8 Å². The van der Waals surface area contributed by atoms with Crippen LogP contribution in [-0.4, -0.2) is 14.8 Å². The van der Waals surface area contributed by atoms with E-state index >= 15 is 0 Å². The third-order valence-corrected chi connectivity index (χ3v) is 5.77. The predicted octanol–water partition coefficient (Wildman–Crippen LogP) is 3.67. The molecule has 7 nitrogen and oxygen atoms in total. The van der Waals surface area contributed by atoms with E-state index < -0.39 is 16.2 Å². The highest BCUT2D eigenvalue weighted by Gasteiger charge is 2.24. The summed E-state index contributed by atoms with van der Waals surface area (Å²) in [6.45, 7) is 1.96. The van der Waals surface area contributed by atoms with Crippen molar-refractivity contribution >= 4 is 33.6 Å². The second kappa shape index (κ2) is 7.14. The van der Waals surface area contributed by atoms with Crippen molar-refractivity contribution in [3.05, 3.63) is 77.6 Å². The summed E-state index contributed by atoms with van der Waals surface area (Å²) in [6.07, 6.45) is 2.74. The number of sulfonamides is 1. The lowest BCUT2D eigenvalue weighted by Crippen LogP contribution is -2.35. The summed E-state index contributed by atoms with van der Waals surface area (Å²) in [4.78, 5) is 6.03. The summed E-state index contributed by atoms with van der Waals surface area (Å²) in [5.41, 5.74) is 10.2. The van der Waals surface area contributed by atoms with E-state index in [0.29, 0.717) is 11.6 Å². The zero-order valence-corrected chi connectivity index (χ0v) is 16.1. The molecule has 144 valence electrons. The first kappa shape index (κ1) is 18.3. The summed E-state index contributed by atoms with van der Waals surface area (Å²) in [5, 5.41) is 0. The molecular weight excluding hydrogens is 376 g/mol. The van der Waals surface area contributed by atoms with Crippen LogP contribution in [0.4, 0.5) is 17.3 Å². The molecule has 0 aliphatic carbocycles. The zero-order chi connectivity index (χ0) is 19.7. The van der Waals surface area contributed by atoms with Gasteiger partial charge < -0.3 is 15.1 Å². The minimum absolute atomic E-state index is 0.0814. The van der Waals surface area contributed by atoms with E-state index in [1.54, 1.807) is 47.8 Å². The van der Waals surface area contributed by atoms with Gasteiger partial charge in [0.1, 0.15) is 12.5 Å². The summed E-state index contributed by atoms with van der Waals surface area (Å²) in [6, 6.07) is 16.2. The zero-order valence-electron chi connectivity index (χ0n) is 15.2. The highest BCUT2D eigenvalue weighted by atomic mass is 32.2. The number of furan rings is 1. The monoisotopic (exact) mass is 396 g/mol. The van der Waals surface area contributed by atoms with Gasteiger partial charge in [-0.2, -0.15) is 0 Å². The Morgan fingerprint density at radius 2 is 1.82 bits per heavy atom. The van der Waals surface area contributed by atoms with Crippen molar-refractivity contribution in [1.29, 1.82) is 0 Å². The highest BCUT2D eigenvalue weighted by molar-refractivity contribution is 7.91. The van der Waals surface area contributed by atoms with E-state index in [-0.39, 0.29) is 5.75 Å². The fraction of sp³-hybridized carbons (Fsp3) is 0.150. The first-order chi connectivity index (χ1) is 13.4. The number of fused-ring (bicyclic) bond motifs is 1. The Bertz CT molecular complexity index is 1100. The van der Waals surface area contributed by atoms with Gasteiger partial charge in [0.2, 0.25) is 15.9 Å². The molecule has 0 fully saturated rings. The van der Waals surface area contributed by atoms with E-state index in [4.69, 9.17) is 10.2 Å². The van der Waals surface area contributed by atoms with Crippen LogP contribution in [0.1, 0.15) is 22.9 Å². The molecule has 0 saturated carbocycles. The van der Waals surface area contributed by atoms with Crippen LogP contribution >= 0.6 is 0 Å². The topological polar surface area (TPSA) is 101 Å². The Hall–Kier alpha value is -3.10. The number of anilines is 2. The fourth-order valence-corrected chi connectivity index (χ4v) is 4.22. The standard InChI is InChI=1S/C20H20N4O3S/c1-14-2-4-15(5-3-14)12-28(25,26)23-16-6-8-17(9-7-16)24-13-22-20-18(19(24)21)10-11-27-20/h2-11,13,19,23H,12,21H2,1H3. The number of hydrogen-bond acceptors (Lipinski definition) is 6. The Kier molecular flexibility index (Phi) is 4.66. The molecule has 4 rings (SSSR count). The van der Waals surface area contributed by atoms with E-state index in [2.05, 4.69) is 9.71 Å². The van der Waals surface area contributed by atoms with Crippen molar-refractivity contribution in [3.63, 3.8) is 0 Å². The van der Waals surface area contributed by atoms with Crippen molar-refractivity contribution in [2.45, 2.75) is 18.8 Å². The van der Waals surface area contributed by atoms with Gasteiger partial charge >= 0.3 is 0 Å². The summed E-state index contributed by atoms with van der Waals surface area (Å²) >= 11 is 0. The van der Waals surface area contributed by atoms with Crippen LogP contribution in [0.25, 0.3) is 0 Å². The van der Waals surface area contributed by atoms with Crippen molar-refractivity contribution in [3.8, 4) is 0 Å². The molecule has 2 aromatic carbocycles. The van der Waals surface area contributed by atoms with Gasteiger partial charge in [-0.1, -0.05) is 29.8 Å². The molecule has 28 heavy (non-hydrogen) atoms. The molecule has 1 aliphatic heterocycles. The predicted molar refractivity (Wildman–Crippen MR) is 110 cm³/mol. The maximum atomic E-state index is 12.4. The molecule has 2 heterocycles. The number of nitrogens with one attached hydrogen (secondary N) is 1. The summed E-state index contributed by atoms with van der Waals surface area (Å²) < 4.78 is 32.7. The van der Waals surface area contributed by atoms with Gasteiger partial charge in [-0.3, -0.25) is 4.72 Å². The van der Waals surface area contributed by atoms with E-state index in [1.165, 1.54) is 0 Å². The lowest BCUT2D eigenvalue weighted by atomic mass is 10.2. The summed E-state index contributed by atoms with van der Waals surface area (Å²) in [5.74, 6) is 0.423. The van der Waals surface area contributed by atoms with Gasteiger partial charge in [0.05, 0.1) is 17.6 Å². The van der Waals surface area contributed by atoms with Crippen molar-refractivity contribution in [2.24, 2.45) is 10.7 Å². The lowest BCUT2D eigenvalue weighted by Gasteiger charge is -2.29. The van der Waals surface area contributed by atoms with Crippen molar-refractivity contribution in [2.75, 3.05) is 9.62 Å². The van der Waals surface area contributed by atoms with Gasteiger partial charge in [0, 0.05) is 11.4 Å². The van der Waals surface area contributed by atoms with Crippen LogP contribution in [0.5, 0.6) is 0 Å². The average molecular weight is 396 g/mol. The Labute approximate surface area is 163 Å². The van der Waals surface area contributed by atoms with E-state index in [1.807, 2.05) is 31.2 Å². The number of nitrogens with two attached hydrogens (primary N) is 1. The number of nitrogens with zero attached hydrogens (tertiary/aromatic N) is 2. The molecule has 0 radical (unpaired) electrons. The number of rotatable bonds is 5. The second-order valence-corrected chi connectivity index (χ2v) is 8.39. The number of benzene rings is 2. The van der Waals surface area contributed by atoms with Gasteiger partial charge in [0.15, 0.2) is 0 Å². The van der Waals surface area contributed by atoms with Gasteiger partial charge in [0.25, 0.3) is 0 Å². The molecule has 0 saturated heterocycles. The molecule has 0 amide bonds. The van der Waals surface area contributed by atoms with Crippen molar-refractivity contribution in [1.82, 2.24) is 0 Å². The molecule has 1 unspecified atom stereocenters. The van der Waals surface area contributed by atoms with Crippen LogP contribution < -0.4 is 15.4 Å².